The van der Waals surface area contributed by atoms with Crippen LogP contribution in [0.5, 0.6) is 0 Å². The van der Waals surface area contributed by atoms with E-state index in [1.54, 1.807) is 6.20 Å². The van der Waals surface area contributed by atoms with E-state index in [2.05, 4.69) is 19.7 Å². The second-order valence-electron chi connectivity index (χ2n) is 3.16. The van der Waals surface area contributed by atoms with Gasteiger partial charge in [-0.1, -0.05) is 11.8 Å². The number of nitrogens with zero attached hydrogens (tertiary/aromatic N) is 2. The van der Waals surface area contributed by atoms with Gasteiger partial charge in [0.2, 0.25) is 0 Å². The fourth-order valence-corrected chi connectivity index (χ4v) is 1.68. The lowest BCUT2D eigenvalue weighted by Gasteiger charge is -2.01. The van der Waals surface area contributed by atoms with Crippen LogP contribution in [0.4, 0.5) is 0 Å². The molecule has 0 bridgehead atoms. The van der Waals surface area contributed by atoms with Crippen LogP contribution in [0, 0.1) is 0 Å². The lowest BCUT2D eigenvalue weighted by atomic mass is 10.2. The average molecular weight is 251 g/mol. The zero-order valence-corrected chi connectivity index (χ0v) is 10.00. The van der Waals surface area contributed by atoms with Gasteiger partial charge in [0.25, 0.3) is 5.56 Å². The Morgan fingerprint density at radius 1 is 1.53 bits per heavy atom. The molecular weight excluding hydrogens is 242 g/mol. The lowest BCUT2D eigenvalue weighted by Crippen LogP contribution is -2.19. The first-order valence-electron chi connectivity index (χ1n) is 4.68. The molecule has 17 heavy (non-hydrogen) atoms. The Labute approximate surface area is 100 Å². The van der Waals surface area contributed by atoms with Gasteiger partial charge >= 0.3 is 5.97 Å². The highest BCUT2D eigenvalue weighted by Gasteiger charge is 2.12. The number of methoxy groups -OCH3 is 1. The van der Waals surface area contributed by atoms with Crippen LogP contribution in [-0.2, 0) is 4.74 Å². The minimum atomic E-state index is -0.679. The largest absolute Gasteiger partial charge is 0.465 e. The van der Waals surface area contributed by atoms with Crippen molar-refractivity contribution in [3.05, 3.63) is 28.2 Å². The first-order chi connectivity index (χ1) is 8.15. The van der Waals surface area contributed by atoms with E-state index >= 15 is 0 Å². The van der Waals surface area contributed by atoms with Gasteiger partial charge in [-0.2, -0.15) is 0 Å². The molecule has 1 N–H and O–H groups in total. The Morgan fingerprint density at radius 3 is 2.94 bits per heavy atom. The second kappa shape index (κ2) is 4.54. The SMILES string of the molecule is COC(=O)c1cc2cnc(SC)nc2[nH]c1=O. The highest BCUT2D eigenvalue weighted by atomic mass is 32.2. The number of aromatic amines is 1. The zero-order chi connectivity index (χ0) is 12.4. The number of nitrogens with one attached hydrogen (secondary N) is 1. The van der Waals surface area contributed by atoms with Crippen molar-refractivity contribution in [2.75, 3.05) is 13.4 Å². The maximum atomic E-state index is 11.6. The first-order valence-corrected chi connectivity index (χ1v) is 5.90. The van der Waals surface area contributed by atoms with E-state index in [1.807, 2.05) is 6.26 Å². The molecule has 6 nitrogen and oxygen atoms in total. The molecule has 0 saturated heterocycles. The monoisotopic (exact) mass is 251 g/mol. The van der Waals surface area contributed by atoms with Crippen LogP contribution in [0.25, 0.3) is 11.0 Å². The van der Waals surface area contributed by atoms with Crippen LogP contribution in [0.15, 0.2) is 22.2 Å². The first kappa shape index (κ1) is 11.6. The summed E-state index contributed by atoms with van der Waals surface area (Å²) in [5.74, 6) is -0.679. The van der Waals surface area contributed by atoms with Crippen molar-refractivity contribution in [1.82, 2.24) is 15.0 Å². The van der Waals surface area contributed by atoms with E-state index in [-0.39, 0.29) is 5.56 Å². The van der Waals surface area contributed by atoms with Gasteiger partial charge in [0.1, 0.15) is 11.2 Å². The molecule has 2 heterocycles. The smallest absolute Gasteiger partial charge is 0.343 e. The third kappa shape index (κ3) is 2.14. The molecule has 0 unspecified atom stereocenters. The van der Waals surface area contributed by atoms with Crippen molar-refractivity contribution >= 4 is 28.8 Å². The van der Waals surface area contributed by atoms with Crippen LogP contribution >= 0.6 is 11.8 Å². The molecule has 0 saturated carbocycles. The van der Waals surface area contributed by atoms with Gasteiger partial charge in [-0.15, -0.1) is 0 Å². The molecule has 2 aromatic heterocycles. The van der Waals surface area contributed by atoms with E-state index in [0.717, 1.165) is 0 Å². The topological polar surface area (TPSA) is 84.9 Å². The Morgan fingerprint density at radius 2 is 2.29 bits per heavy atom. The normalized spacial score (nSPS) is 10.5. The van der Waals surface area contributed by atoms with E-state index in [0.29, 0.717) is 16.2 Å². The summed E-state index contributed by atoms with van der Waals surface area (Å²) in [6.45, 7) is 0. The molecule has 0 aliphatic rings. The van der Waals surface area contributed by atoms with E-state index in [9.17, 15) is 9.59 Å². The number of carbonyl (C=O) groups is 1. The van der Waals surface area contributed by atoms with Gasteiger partial charge in [0, 0.05) is 11.6 Å². The number of aromatic nitrogens is 3. The highest BCUT2D eigenvalue weighted by Crippen LogP contribution is 2.13. The maximum Gasteiger partial charge on any atom is 0.343 e. The number of pyridine rings is 1. The van der Waals surface area contributed by atoms with Crippen molar-refractivity contribution < 1.29 is 9.53 Å². The molecular formula is C10H9N3O3S. The Kier molecular flexibility index (Phi) is 3.10. The van der Waals surface area contributed by atoms with Gasteiger partial charge < -0.3 is 9.72 Å². The van der Waals surface area contributed by atoms with Gasteiger partial charge in [-0.3, -0.25) is 4.79 Å². The fourth-order valence-electron chi connectivity index (χ4n) is 1.34. The van der Waals surface area contributed by atoms with Crippen molar-refractivity contribution in [1.29, 1.82) is 0 Å². The number of esters is 1. The molecule has 0 radical (unpaired) electrons. The summed E-state index contributed by atoms with van der Waals surface area (Å²) in [6, 6.07) is 1.42. The van der Waals surface area contributed by atoms with E-state index < -0.39 is 11.5 Å². The van der Waals surface area contributed by atoms with Crippen LogP contribution < -0.4 is 5.56 Å². The molecule has 0 aromatic carbocycles. The minimum Gasteiger partial charge on any atom is -0.465 e. The van der Waals surface area contributed by atoms with Crippen LogP contribution in [0.3, 0.4) is 0 Å². The molecule has 7 heteroatoms. The Hall–Kier alpha value is -1.89. The summed E-state index contributed by atoms with van der Waals surface area (Å²) in [4.78, 5) is 33.6. The summed E-state index contributed by atoms with van der Waals surface area (Å²) in [7, 11) is 1.22. The number of carbonyl (C=O) groups excluding carboxylic acids is 1. The number of thioether (sulfide) groups is 1. The van der Waals surface area contributed by atoms with Gasteiger partial charge in [0.05, 0.1) is 7.11 Å². The number of ether oxygens (including phenoxy) is 1. The van der Waals surface area contributed by atoms with Gasteiger partial charge in [0.15, 0.2) is 5.16 Å². The third-order valence-electron chi connectivity index (χ3n) is 2.16. The summed E-state index contributed by atoms with van der Waals surface area (Å²) in [5.41, 5.74) is -0.169. The fraction of sp³-hybridized carbons (Fsp3) is 0.200. The van der Waals surface area contributed by atoms with E-state index in [1.165, 1.54) is 24.9 Å². The molecule has 88 valence electrons. The number of fused-ring (bicyclic) bond motifs is 1. The minimum absolute atomic E-state index is 0.0551. The molecule has 0 spiro atoms. The molecule has 0 atom stereocenters. The molecule has 2 aromatic rings. The van der Waals surface area contributed by atoms with Crippen LogP contribution in [-0.4, -0.2) is 34.3 Å². The predicted molar refractivity (Wildman–Crippen MR) is 63.3 cm³/mol. The number of hydrogen-bond donors (Lipinski definition) is 1. The second-order valence-corrected chi connectivity index (χ2v) is 3.94. The Bertz CT molecular complexity index is 638. The van der Waals surface area contributed by atoms with Crippen LogP contribution in [0.1, 0.15) is 10.4 Å². The van der Waals surface area contributed by atoms with Crippen molar-refractivity contribution in [3.63, 3.8) is 0 Å². The van der Waals surface area contributed by atoms with Gasteiger partial charge in [-0.25, -0.2) is 14.8 Å². The maximum absolute atomic E-state index is 11.6. The van der Waals surface area contributed by atoms with Crippen molar-refractivity contribution in [2.24, 2.45) is 0 Å². The molecule has 0 fully saturated rings. The zero-order valence-electron chi connectivity index (χ0n) is 9.18. The predicted octanol–water partition coefficient (Wildman–Crippen LogP) is 0.827. The summed E-state index contributed by atoms with van der Waals surface area (Å²) >= 11 is 1.37. The molecule has 0 aliphatic heterocycles. The molecule has 2 rings (SSSR count). The van der Waals surface area contributed by atoms with Crippen molar-refractivity contribution in [2.45, 2.75) is 5.16 Å². The lowest BCUT2D eigenvalue weighted by molar-refractivity contribution is 0.0599. The molecule has 0 aliphatic carbocycles. The average Bonchev–Trinajstić information content (AvgIpc) is 2.36. The third-order valence-corrected chi connectivity index (χ3v) is 2.72. The van der Waals surface area contributed by atoms with Gasteiger partial charge in [-0.05, 0) is 12.3 Å². The quantitative estimate of drug-likeness (QED) is 0.483. The number of rotatable bonds is 2. The Balaban J connectivity index is 2.66. The van der Waals surface area contributed by atoms with Crippen LogP contribution in [0.2, 0.25) is 0 Å². The summed E-state index contributed by atoms with van der Waals surface area (Å²) in [6.07, 6.45) is 3.39. The summed E-state index contributed by atoms with van der Waals surface area (Å²) < 4.78 is 4.51. The molecule has 0 amide bonds. The standard InChI is InChI=1S/C10H9N3O3S/c1-16-9(15)6-3-5-4-11-10(17-2)13-7(5)12-8(6)14/h3-4H,1-2H3,(H,11,12,13,14). The van der Waals surface area contributed by atoms with E-state index in [4.69, 9.17) is 0 Å². The number of H-pyrrole nitrogens is 1. The summed E-state index contributed by atoms with van der Waals surface area (Å²) in [5, 5.41) is 1.14. The van der Waals surface area contributed by atoms with Crippen molar-refractivity contribution in [3.8, 4) is 0 Å². The number of hydrogen-bond acceptors (Lipinski definition) is 6. The highest BCUT2D eigenvalue weighted by molar-refractivity contribution is 7.98.